The van der Waals surface area contributed by atoms with Crippen molar-refractivity contribution in [1.82, 2.24) is 14.5 Å². The Bertz CT molecular complexity index is 3310. The van der Waals surface area contributed by atoms with Gasteiger partial charge in [0.05, 0.1) is 22.3 Å². The van der Waals surface area contributed by atoms with Crippen LogP contribution in [0.2, 0.25) is 0 Å². The van der Waals surface area contributed by atoms with Crippen molar-refractivity contribution in [2.75, 3.05) is 0 Å². The third kappa shape index (κ3) is 8.29. The topological polar surface area (TPSA) is 50.9 Å². The summed E-state index contributed by atoms with van der Waals surface area (Å²) in [7, 11) is 0. The Morgan fingerprint density at radius 3 is 1.84 bits per heavy atom. The van der Waals surface area contributed by atoms with E-state index in [1.807, 2.05) is 116 Å². The summed E-state index contributed by atoms with van der Waals surface area (Å²) in [5.41, 5.74) is 14.2. The molecule has 0 saturated carbocycles. The highest BCUT2D eigenvalue weighted by Crippen LogP contribution is 2.45. The first-order valence-electron chi connectivity index (χ1n) is 24.0. The average molecular weight is 840 g/mol. The smallest absolute Gasteiger partial charge is 0.149 e. The molecule has 0 atom stereocenters. The van der Waals surface area contributed by atoms with Crippen molar-refractivity contribution in [3.05, 3.63) is 192 Å². The monoisotopic (exact) mass is 839 g/mol. The summed E-state index contributed by atoms with van der Waals surface area (Å²) in [6, 6.07) is 54.8. The fourth-order valence-corrected chi connectivity index (χ4v) is 8.61. The molecule has 64 heavy (non-hydrogen) atoms. The Hall–Kier alpha value is -7.04. The zero-order valence-corrected chi connectivity index (χ0v) is 38.0. The Kier molecular flexibility index (Phi) is 9.72. The van der Waals surface area contributed by atoms with Crippen LogP contribution in [-0.4, -0.2) is 19.6 Å². The van der Waals surface area contributed by atoms with Gasteiger partial charge >= 0.3 is 0 Å². The van der Waals surface area contributed by atoms with E-state index in [0.29, 0.717) is 22.6 Å². The van der Waals surface area contributed by atoms with Gasteiger partial charge < -0.3 is 5.11 Å². The largest absolute Gasteiger partial charge is 0.507 e. The van der Waals surface area contributed by atoms with Crippen molar-refractivity contribution >= 4 is 11.0 Å². The first-order chi connectivity index (χ1) is 32.1. The van der Waals surface area contributed by atoms with Gasteiger partial charge in [-0.15, -0.1) is 0 Å². The molecule has 1 N–H and O–H groups in total. The summed E-state index contributed by atoms with van der Waals surface area (Å²) in [5, 5.41) is 12.5. The minimum absolute atomic E-state index is 0.135. The maximum atomic E-state index is 12.5. The molecule has 0 saturated heterocycles. The highest BCUT2D eigenvalue weighted by Gasteiger charge is 2.29. The van der Waals surface area contributed by atoms with Crippen LogP contribution < -0.4 is 0 Å². The third-order valence-electron chi connectivity index (χ3n) is 12.2. The number of imidazole rings is 1. The lowest BCUT2D eigenvalue weighted by atomic mass is 9.79. The van der Waals surface area contributed by atoms with Gasteiger partial charge in [0.2, 0.25) is 0 Å². The van der Waals surface area contributed by atoms with Crippen LogP contribution in [0.25, 0.3) is 83.9 Å². The number of para-hydroxylation sites is 1. The van der Waals surface area contributed by atoms with Crippen LogP contribution in [0.15, 0.2) is 170 Å². The summed E-state index contributed by atoms with van der Waals surface area (Å²) in [6.45, 7) is 14.2. The molecule has 4 heteroatoms. The highest BCUT2D eigenvalue weighted by molar-refractivity contribution is 5.98. The average Bonchev–Trinajstić information content (AvgIpc) is 3.70. The Morgan fingerprint density at radius 2 is 1.20 bits per heavy atom. The minimum atomic E-state index is -2.41. The number of hydrogen-bond acceptors (Lipinski definition) is 3. The molecular weight excluding hydrogens is 779 g/mol. The number of fused-ring (bicyclic) bond motifs is 1. The molecule has 0 bridgehead atoms. The maximum absolute atomic E-state index is 12.5. The lowest BCUT2D eigenvalue weighted by Crippen LogP contribution is -2.17. The van der Waals surface area contributed by atoms with Crippen molar-refractivity contribution < 1.29 is 10.6 Å². The number of hydrogen-bond donors (Lipinski definition) is 1. The quantitative estimate of drug-likeness (QED) is 0.166. The van der Waals surface area contributed by atoms with E-state index in [-0.39, 0.29) is 16.7 Å². The number of phenols is 1. The summed E-state index contributed by atoms with van der Waals surface area (Å²) in [6.07, 6.45) is 1.84. The molecule has 9 rings (SSSR count). The van der Waals surface area contributed by atoms with Crippen molar-refractivity contribution in [3.8, 4) is 78.6 Å². The van der Waals surface area contributed by atoms with Gasteiger partial charge in [-0.25, -0.2) is 4.98 Å². The second-order valence-electron chi connectivity index (χ2n) is 19.2. The lowest BCUT2D eigenvalue weighted by molar-refractivity contribution is 0.446. The number of pyridine rings is 1. The fourth-order valence-electron chi connectivity index (χ4n) is 8.61. The van der Waals surface area contributed by atoms with E-state index in [0.717, 1.165) is 78.0 Å². The van der Waals surface area contributed by atoms with E-state index < -0.39 is 18.2 Å². The van der Waals surface area contributed by atoms with Crippen molar-refractivity contribution in [3.63, 3.8) is 0 Å². The van der Waals surface area contributed by atoms with Crippen LogP contribution in [0.4, 0.5) is 0 Å². The first kappa shape index (κ1) is 37.5. The summed E-state index contributed by atoms with van der Waals surface area (Å²) in [4.78, 5) is 10.5. The van der Waals surface area contributed by atoms with E-state index in [2.05, 4.69) is 102 Å². The van der Waals surface area contributed by atoms with Crippen molar-refractivity contribution in [2.24, 2.45) is 0 Å². The molecule has 4 nitrogen and oxygen atoms in total. The fraction of sp³-hybridized carbons (Fsp3) is 0.200. The Morgan fingerprint density at radius 1 is 0.562 bits per heavy atom. The number of nitrogens with zero attached hydrogens (tertiary/aromatic N) is 3. The molecule has 0 radical (unpaired) electrons. The number of rotatable bonds is 8. The first-order valence-corrected chi connectivity index (χ1v) is 22.0. The number of benzene rings is 7. The van der Waals surface area contributed by atoms with Gasteiger partial charge in [0.25, 0.3) is 0 Å². The summed E-state index contributed by atoms with van der Waals surface area (Å²) < 4.78 is 36.5. The molecule has 0 aliphatic heterocycles. The molecule has 9 aromatic rings. The van der Waals surface area contributed by atoms with Gasteiger partial charge in [-0.2, -0.15) is 0 Å². The van der Waals surface area contributed by atoms with Crippen LogP contribution in [0, 0.1) is 6.85 Å². The Balaban J connectivity index is 1.33. The molecule has 0 aliphatic rings. The second kappa shape index (κ2) is 16.6. The molecule has 0 spiro atoms. The van der Waals surface area contributed by atoms with Gasteiger partial charge in [0.15, 0.2) is 0 Å². The number of phenolic OH excluding ortho intramolecular Hbond substituents is 1. The molecule has 318 valence electrons. The van der Waals surface area contributed by atoms with Gasteiger partial charge in [-0.3, -0.25) is 9.55 Å². The van der Waals surface area contributed by atoms with Crippen molar-refractivity contribution in [2.45, 2.75) is 79.0 Å². The predicted octanol–water partition coefficient (Wildman–Crippen LogP) is 16.2. The highest BCUT2D eigenvalue weighted by atomic mass is 16.3. The van der Waals surface area contributed by atoms with E-state index in [1.54, 1.807) is 12.1 Å². The maximum Gasteiger partial charge on any atom is 0.149 e. The minimum Gasteiger partial charge on any atom is -0.507 e. The molecule has 7 aromatic carbocycles. The molecule has 0 unspecified atom stereocenters. The van der Waals surface area contributed by atoms with Gasteiger partial charge in [0, 0.05) is 34.1 Å². The standard InChI is InChI=1S/C60H57N3O/c1-38(2)40-23-25-43(26-24-40)44-27-28-61-54(35-44)48-32-46(42-19-14-11-15-20-42)31-47(33-48)51-21-16-22-55-56(51)62-58(52-36-49(59(4,5)6)37-53(57(52)64)60(7,8)9)63(55)50-30-39(3)29-45(34-50)41-17-12-10-13-18-41/h10-38,64H,1-9H3/i3D3,38D. The molecule has 0 fully saturated rings. The molecule has 2 heterocycles. The zero-order valence-electron chi connectivity index (χ0n) is 42.0. The number of aromatic nitrogens is 3. The Labute approximate surface area is 384 Å². The second-order valence-corrected chi connectivity index (χ2v) is 19.2. The van der Waals surface area contributed by atoms with E-state index >= 15 is 0 Å². The predicted molar refractivity (Wildman–Crippen MR) is 269 cm³/mol. The van der Waals surface area contributed by atoms with Crippen LogP contribution in [0.1, 0.15) is 89.0 Å². The van der Waals surface area contributed by atoms with Crippen LogP contribution in [-0.2, 0) is 10.8 Å². The number of aryl methyl sites for hydroxylation is 1. The molecule has 0 amide bonds. The van der Waals surface area contributed by atoms with Gasteiger partial charge in [-0.05, 0) is 134 Å². The molecule has 2 aromatic heterocycles. The van der Waals surface area contributed by atoms with Gasteiger partial charge in [-0.1, -0.05) is 165 Å². The van der Waals surface area contributed by atoms with Crippen LogP contribution >= 0.6 is 0 Å². The SMILES string of the molecule is [2H]C([2H])([2H])c1cc(-c2ccccc2)cc(-n2c(-c3cc(C(C)(C)C)cc(C(C)(C)C)c3O)nc3c(-c4cc(-c5ccccc5)cc(-c5cc(-c6ccc(C([2H])(C)C)cc6)ccn5)c4)cccc32)c1. The van der Waals surface area contributed by atoms with E-state index in [9.17, 15) is 5.11 Å². The van der Waals surface area contributed by atoms with E-state index in [1.165, 1.54) is 0 Å². The zero-order chi connectivity index (χ0) is 48.3. The normalized spacial score (nSPS) is 13.3. The lowest BCUT2D eigenvalue weighted by Gasteiger charge is -2.27. The van der Waals surface area contributed by atoms with Crippen LogP contribution in [0.5, 0.6) is 5.75 Å². The third-order valence-corrected chi connectivity index (χ3v) is 12.2. The van der Waals surface area contributed by atoms with Crippen molar-refractivity contribution in [1.29, 1.82) is 0 Å². The van der Waals surface area contributed by atoms with E-state index in [4.69, 9.17) is 15.5 Å². The summed E-state index contributed by atoms with van der Waals surface area (Å²) >= 11 is 0. The number of aromatic hydroxyl groups is 1. The van der Waals surface area contributed by atoms with Crippen LogP contribution in [0.3, 0.4) is 0 Å². The molecule has 0 aliphatic carbocycles. The molecular formula is C60H57N3O. The van der Waals surface area contributed by atoms with Gasteiger partial charge in [0.1, 0.15) is 11.6 Å². The summed E-state index contributed by atoms with van der Waals surface area (Å²) in [5.74, 6) is -0.0671.